The Hall–Kier alpha value is -0.720. The molecule has 0 aromatic rings. The average Bonchev–Trinajstić information content (AvgIpc) is 2.87. The molecule has 21 heavy (non-hydrogen) atoms. The zero-order chi connectivity index (χ0) is 15.7. The third-order valence-electron chi connectivity index (χ3n) is 4.61. The Kier molecular flexibility index (Phi) is 4.90. The van der Waals surface area contributed by atoms with Crippen LogP contribution in [0, 0.1) is 5.41 Å². The number of rotatable bonds is 4. The summed E-state index contributed by atoms with van der Waals surface area (Å²) in [6.45, 7) is 7.23. The lowest BCUT2D eigenvalue weighted by atomic mass is 9.84. The van der Waals surface area contributed by atoms with Crippen LogP contribution in [-0.4, -0.2) is 64.1 Å². The molecule has 2 fully saturated rings. The third-order valence-corrected chi connectivity index (χ3v) is 5.00. The fourth-order valence-corrected chi connectivity index (χ4v) is 3.79. The fraction of sp³-hybridized carbons (Fsp3) is 0.867. The molecule has 3 N–H and O–H groups in total. The van der Waals surface area contributed by atoms with Gasteiger partial charge in [0.25, 0.3) is 0 Å². The number of aliphatic hydroxyl groups is 1. The normalized spacial score (nSPS) is 23.3. The summed E-state index contributed by atoms with van der Waals surface area (Å²) in [5.74, 6) is 0.121. The molecule has 0 radical (unpaired) electrons. The monoisotopic (exact) mass is 313 g/mol. The Morgan fingerprint density at radius 3 is 2.19 bits per heavy atom. The maximum absolute atomic E-state index is 12.8. The van der Waals surface area contributed by atoms with Crippen molar-refractivity contribution >= 4 is 23.1 Å². The highest BCUT2D eigenvalue weighted by atomic mass is 32.1. The van der Waals surface area contributed by atoms with E-state index >= 15 is 0 Å². The smallest absolute Gasteiger partial charge is 0.235 e. The van der Waals surface area contributed by atoms with E-state index in [9.17, 15) is 9.90 Å². The molecule has 0 unspecified atom stereocenters. The lowest BCUT2D eigenvalue weighted by Gasteiger charge is -2.40. The molecule has 120 valence electrons. The first-order valence-electron chi connectivity index (χ1n) is 7.79. The molecule has 0 atom stereocenters. The molecule has 1 saturated carbocycles. The van der Waals surface area contributed by atoms with Gasteiger partial charge in [0, 0.05) is 32.7 Å². The number of nitrogens with zero attached hydrogens (tertiary/aromatic N) is 2. The summed E-state index contributed by atoms with van der Waals surface area (Å²) >= 11 is 5.19. The number of carbonyl (C=O) groups excluding carboxylic acids is 1. The van der Waals surface area contributed by atoms with Crippen LogP contribution < -0.4 is 5.73 Å². The van der Waals surface area contributed by atoms with Crippen molar-refractivity contribution in [3.63, 3.8) is 0 Å². The number of amides is 1. The van der Waals surface area contributed by atoms with Gasteiger partial charge in [-0.05, 0) is 26.7 Å². The van der Waals surface area contributed by atoms with Gasteiger partial charge in [-0.15, -0.1) is 0 Å². The van der Waals surface area contributed by atoms with Crippen molar-refractivity contribution in [2.75, 3.05) is 32.7 Å². The van der Waals surface area contributed by atoms with E-state index in [-0.39, 0.29) is 5.91 Å². The summed E-state index contributed by atoms with van der Waals surface area (Å²) in [5.41, 5.74) is 4.61. The predicted molar refractivity (Wildman–Crippen MR) is 87.0 cm³/mol. The second kappa shape index (κ2) is 6.18. The van der Waals surface area contributed by atoms with Crippen LogP contribution in [-0.2, 0) is 4.79 Å². The second-order valence-electron chi connectivity index (χ2n) is 7.03. The third kappa shape index (κ3) is 3.73. The van der Waals surface area contributed by atoms with Gasteiger partial charge in [0.05, 0.1) is 16.0 Å². The molecule has 0 aromatic heterocycles. The van der Waals surface area contributed by atoms with Crippen molar-refractivity contribution in [1.29, 1.82) is 0 Å². The second-order valence-corrected chi connectivity index (χ2v) is 7.47. The molecule has 2 aliphatic rings. The van der Waals surface area contributed by atoms with Gasteiger partial charge in [-0.2, -0.15) is 0 Å². The Balaban J connectivity index is 1.95. The highest BCUT2D eigenvalue weighted by Gasteiger charge is 2.46. The Bertz CT molecular complexity index is 406. The summed E-state index contributed by atoms with van der Waals surface area (Å²) in [6.07, 6.45) is 3.65. The molecule has 2 rings (SSSR count). The summed E-state index contributed by atoms with van der Waals surface area (Å²) in [7, 11) is 0. The maximum Gasteiger partial charge on any atom is 0.235 e. The van der Waals surface area contributed by atoms with E-state index < -0.39 is 11.0 Å². The molecule has 0 spiro atoms. The minimum absolute atomic E-state index is 0.121. The summed E-state index contributed by atoms with van der Waals surface area (Å²) in [4.78, 5) is 17.3. The van der Waals surface area contributed by atoms with Gasteiger partial charge < -0.3 is 15.7 Å². The fourth-order valence-electron chi connectivity index (χ4n) is 3.50. The largest absolute Gasteiger partial charge is 0.392 e. The Morgan fingerprint density at radius 1 is 1.24 bits per heavy atom. The topological polar surface area (TPSA) is 69.8 Å². The van der Waals surface area contributed by atoms with Gasteiger partial charge in [0.15, 0.2) is 0 Å². The van der Waals surface area contributed by atoms with Crippen molar-refractivity contribution in [2.24, 2.45) is 11.1 Å². The first-order chi connectivity index (χ1) is 9.74. The first kappa shape index (κ1) is 16.6. The van der Waals surface area contributed by atoms with Gasteiger partial charge in [-0.3, -0.25) is 9.69 Å². The minimum atomic E-state index is -0.697. The van der Waals surface area contributed by atoms with Crippen molar-refractivity contribution in [2.45, 2.75) is 45.1 Å². The van der Waals surface area contributed by atoms with Crippen LogP contribution in [0.5, 0.6) is 0 Å². The van der Waals surface area contributed by atoms with Crippen LogP contribution in [0.15, 0.2) is 0 Å². The number of nitrogens with two attached hydrogens (primary N) is 1. The summed E-state index contributed by atoms with van der Waals surface area (Å²) in [5, 5.41) is 9.88. The van der Waals surface area contributed by atoms with E-state index in [0.717, 1.165) is 38.8 Å². The lowest BCUT2D eigenvalue weighted by molar-refractivity contribution is -0.140. The molecule has 6 heteroatoms. The van der Waals surface area contributed by atoms with Gasteiger partial charge in [-0.1, -0.05) is 25.1 Å². The standard InChI is InChI=1S/C15H27N3O2S/c1-14(2,20)11-17-7-9-18(10-8-17)13(19)15(12(16)21)5-3-4-6-15/h20H,3-11H2,1-2H3,(H2,16,21). The van der Waals surface area contributed by atoms with Crippen LogP contribution in [0.2, 0.25) is 0 Å². The number of carbonyl (C=O) groups is 1. The molecule has 0 aromatic carbocycles. The average molecular weight is 313 g/mol. The van der Waals surface area contributed by atoms with E-state index in [0.29, 0.717) is 24.6 Å². The van der Waals surface area contributed by atoms with E-state index in [1.165, 1.54) is 0 Å². The van der Waals surface area contributed by atoms with Gasteiger partial charge in [-0.25, -0.2) is 0 Å². The molecular weight excluding hydrogens is 286 g/mol. The van der Waals surface area contributed by atoms with E-state index in [1.54, 1.807) is 0 Å². The van der Waals surface area contributed by atoms with Gasteiger partial charge in [0.2, 0.25) is 5.91 Å². The summed E-state index contributed by atoms with van der Waals surface area (Å²) in [6, 6.07) is 0. The van der Waals surface area contributed by atoms with Crippen molar-refractivity contribution in [3.05, 3.63) is 0 Å². The van der Waals surface area contributed by atoms with Crippen LogP contribution in [0.4, 0.5) is 0 Å². The van der Waals surface area contributed by atoms with Crippen molar-refractivity contribution in [1.82, 2.24) is 9.80 Å². The predicted octanol–water partition coefficient (Wildman–Crippen LogP) is 0.748. The van der Waals surface area contributed by atoms with E-state index in [1.807, 2.05) is 18.7 Å². The minimum Gasteiger partial charge on any atom is -0.392 e. The molecule has 5 nitrogen and oxygen atoms in total. The molecule has 0 bridgehead atoms. The number of β-amino-alcohol motifs (C(OH)–C–C–N with tert-alkyl or cyclic N) is 1. The van der Waals surface area contributed by atoms with E-state index in [4.69, 9.17) is 18.0 Å². The zero-order valence-corrected chi connectivity index (χ0v) is 13.9. The number of piperazine rings is 1. The Morgan fingerprint density at radius 2 is 1.76 bits per heavy atom. The van der Waals surface area contributed by atoms with Crippen molar-refractivity contribution < 1.29 is 9.90 Å². The Labute approximate surface area is 132 Å². The van der Waals surface area contributed by atoms with Gasteiger partial charge >= 0.3 is 0 Å². The number of hydrogen-bond donors (Lipinski definition) is 2. The molecule has 1 aliphatic carbocycles. The lowest BCUT2D eigenvalue weighted by Crippen LogP contribution is -2.56. The number of hydrogen-bond acceptors (Lipinski definition) is 4. The first-order valence-corrected chi connectivity index (χ1v) is 8.19. The quantitative estimate of drug-likeness (QED) is 0.750. The molecule has 1 amide bonds. The van der Waals surface area contributed by atoms with Gasteiger partial charge in [0.1, 0.15) is 0 Å². The SMILES string of the molecule is CC(C)(O)CN1CCN(C(=O)C2(C(N)=S)CCCC2)CC1. The highest BCUT2D eigenvalue weighted by Crippen LogP contribution is 2.40. The molecule has 1 aliphatic heterocycles. The highest BCUT2D eigenvalue weighted by molar-refractivity contribution is 7.80. The molecule has 1 heterocycles. The van der Waals surface area contributed by atoms with Crippen LogP contribution in [0.3, 0.4) is 0 Å². The van der Waals surface area contributed by atoms with Crippen LogP contribution in [0.25, 0.3) is 0 Å². The molecular formula is C15H27N3O2S. The number of thiocarbonyl (C=S) groups is 1. The summed E-state index contributed by atoms with van der Waals surface area (Å²) < 4.78 is 0. The maximum atomic E-state index is 12.8. The van der Waals surface area contributed by atoms with Crippen LogP contribution in [0.1, 0.15) is 39.5 Å². The van der Waals surface area contributed by atoms with Crippen LogP contribution >= 0.6 is 12.2 Å². The van der Waals surface area contributed by atoms with Crippen molar-refractivity contribution in [3.8, 4) is 0 Å². The zero-order valence-electron chi connectivity index (χ0n) is 13.1. The molecule has 1 saturated heterocycles. The van der Waals surface area contributed by atoms with E-state index in [2.05, 4.69) is 4.90 Å².